The van der Waals surface area contributed by atoms with E-state index in [-0.39, 0.29) is 18.3 Å². The third-order valence-corrected chi connectivity index (χ3v) is 4.15. The molecule has 1 N–H and O–H groups in total. The van der Waals surface area contributed by atoms with Gasteiger partial charge >= 0.3 is 0 Å². The van der Waals surface area contributed by atoms with Crippen molar-refractivity contribution in [3.63, 3.8) is 0 Å². The Labute approximate surface area is 154 Å². The van der Waals surface area contributed by atoms with Crippen LogP contribution in [-0.2, 0) is 6.54 Å². The van der Waals surface area contributed by atoms with Crippen molar-refractivity contribution in [1.29, 1.82) is 5.26 Å². The number of pyridine rings is 1. The van der Waals surface area contributed by atoms with E-state index in [1.165, 1.54) is 12.3 Å². The van der Waals surface area contributed by atoms with Crippen LogP contribution in [0.5, 0.6) is 0 Å². The zero-order chi connectivity index (χ0) is 18.5. The van der Waals surface area contributed by atoms with Crippen molar-refractivity contribution in [2.75, 3.05) is 0 Å². The lowest BCUT2D eigenvalue weighted by Crippen LogP contribution is -2.23. The highest BCUT2D eigenvalue weighted by Crippen LogP contribution is 2.21. The van der Waals surface area contributed by atoms with Crippen molar-refractivity contribution >= 4 is 17.5 Å². The maximum absolute atomic E-state index is 13.8. The highest BCUT2D eigenvalue weighted by atomic mass is 35.5. The van der Waals surface area contributed by atoms with Crippen LogP contribution < -0.4 is 5.32 Å². The third kappa shape index (κ3) is 3.88. The Balaban J connectivity index is 1.69. The van der Waals surface area contributed by atoms with Crippen LogP contribution in [0.4, 0.5) is 4.39 Å². The number of nitrogens with zero attached hydrogens (tertiary/aromatic N) is 2. The zero-order valence-electron chi connectivity index (χ0n) is 13.5. The second kappa shape index (κ2) is 7.77. The normalized spacial score (nSPS) is 10.2. The molecule has 0 bridgehead atoms. The maximum Gasteiger partial charge on any atom is 0.253 e. The number of hydrogen-bond acceptors (Lipinski definition) is 3. The SMILES string of the molecule is N#Cc1ccc(CNC(=O)c2ccc(-c3ccccc3F)nc2)c(Cl)c1. The third-order valence-electron chi connectivity index (χ3n) is 3.80. The lowest BCUT2D eigenvalue weighted by molar-refractivity contribution is 0.0950. The van der Waals surface area contributed by atoms with Crippen LogP contribution in [0.2, 0.25) is 5.02 Å². The molecule has 2 aromatic carbocycles. The molecule has 26 heavy (non-hydrogen) atoms. The molecule has 3 aromatic rings. The molecular weight excluding hydrogens is 353 g/mol. The molecule has 0 aliphatic rings. The molecule has 0 unspecified atom stereocenters. The summed E-state index contributed by atoms with van der Waals surface area (Å²) < 4.78 is 13.8. The van der Waals surface area contributed by atoms with Gasteiger partial charge in [-0.3, -0.25) is 9.78 Å². The van der Waals surface area contributed by atoms with Crippen LogP contribution in [0.25, 0.3) is 11.3 Å². The molecule has 0 aliphatic carbocycles. The molecule has 0 saturated heterocycles. The van der Waals surface area contributed by atoms with Crippen molar-refractivity contribution in [1.82, 2.24) is 10.3 Å². The predicted octanol–water partition coefficient (Wildman–Crippen LogP) is 4.34. The van der Waals surface area contributed by atoms with E-state index in [2.05, 4.69) is 10.3 Å². The van der Waals surface area contributed by atoms with E-state index in [0.717, 1.165) is 0 Å². The Bertz CT molecular complexity index is 997. The van der Waals surface area contributed by atoms with Gasteiger partial charge < -0.3 is 5.32 Å². The van der Waals surface area contributed by atoms with Crippen molar-refractivity contribution in [3.05, 3.63) is 88.3 Å². The van der Waals surface area contributed by atoms with Gasteiger partial charge in [0.05, 0.1) is 22.9 Å². The average molecular weight is 366 g/mol. The largest absolute Gasteiger partial charge is 0.348 e. The number of nitriles is 1. The summed E-state index contributed by atoms with van der Waals surface area (Å²) in [6.07, 6.45) is 1.40. The van der Waals surface area contributed by atoms with E-state index in [1.807, 2.05) is 6.07 Å². The number of nitrogens with one attached hydrogen (secondary N) is 1. The minimum absolute atomic E-state index is 0.221. The van der Waals surface area contributed by atoms with Gasteiger partial charge in [-0.25, -0.2) is 4.39 Å². The van der Waals surface area contributed by atoms with Crippen LogP contribution in [0, 0.1) is 17.1 Å². The monoisotopic (exact) mass is 365 g/mol. The Morgan fingerprint density at radius 1 is 1.19 bits per heavy atom. The van der Waals surface area contributed by atoms with E-state index in [9.17, 15) is 9.18 Å². The molecule has 0 spiro atoms. The minimum Gasteiger partial charge on any atom is -0.348 e. The van der Waals surface area contributed by atoms with Crippen molar-refractivity contribution in [2.24, 2.45) is 0 Å². The molecule has 0 aliphatic heterocycles. The van der Waals surface area contributed by atoms with E-state index in [1.54, 1.807) is 48.5 Å². The van der Waals surface area contributed by atoms with E-state index in [4.69, 9.17) is 16.9 Å². The molecule has 1 amide bonds. The maximum atomic E-state index is 13.8. The molecule has 4 nitrogen and oxygen atoms in total. The van der Waals surface area contributed by atoms with Gasteiger partial charge in [0.2, 0.25) is 0 Å². The van der Waals surface area contributed by atoms with Gasteiger partial charge in [0.15, 0.2) is 0 Å². The van der Waals surface area contributed by atoms with Crippen LogP contribution in [0.15, 0.2) is 60.8 Å². The summed E-state index contributed by atoms with van der Waals surface area (Å²) in [5.74, 6) is -0.689. The molecule has 6 heteroatoms. The Morgan fingerprint density at radius 2 is 2.00 bits per heavy atom. The number of aromatic nitrogens is 1. The smallest absolute Gasteiger partial charge is 0.253 e. The first-order chi connectivity index (χ1) is 12.6. The molecule has 128 valence electrons. The number of rotatable bonds is 4. The Morgan fingerprint density at radius 3 is 2.65 bits per heavy atom. The molecule has 1 heterocycles. The predicted molar refractivity (Wildman–Crippen MR) is 97.0 cm³/mol. The van der Waals surface area contributed by atoms with Crippen LogP contribution >= 0.6 is 11.6 Å². The van der Waals surface area contributed by atoms with Crippen molar-refractivity contribution in [2.45, 2.75) is 6.54 Å². The molecule has 0 radical (unpaired) electrons. The highest BCUT2D eigenvalue weighted by molar-refractivity contribution is 6.31. The van der Waals surface area contributed by atoms with Crippen LogP contribution in [0.3, 0.4) is 0 Å². The van der Waals surface area contributed by atoms with E-state index in [0.29, 0.717) is 33.0 Å². The summed E-state index contributed by atoms with van der Waals surface area (Å²) in [5, 5.41) is 12.0. The molecule has 0 saturated carbocycles. The summed E-state index contributed by atoms with van der Waals surface area (Å²) in [6.45, 7) is 0.221. The summed E-state index contributed by atoms with van der Waals surface area (Å²) >= 11 is 6.09. The van der Waals surface area contributed by atoms with Crippen LogP contribution in [0.1, 0.15) is 21.5 Å². The Kier molecular flexibility index (Phi) is 5.26. The molecule has 1 aromatic heterocycles. The number of carbonyl (C=O) groups is 1. The first kappa shape index (κ1) is 17.6. The van der Waals surface area contributed by atoms with Crippen molar-refractivity contribution < 1.29 is 9.18 Å². The molecular formula is C20H13ClFN3O. The topological polar surface area (TPSA) is 65.8 Å². The second-order valence-electron chi connectivity index (χ2n) is 5.51. The van der Waals surface area contributed by atoms with Crippen LogP contribution in [-0.4, -0.2) is 10.9 Å². The standard InChI is InChI=1S/C20H13ClFN3O/c21-17-9-13(10-23)5-6-14(17)11-25-20(26)15-7-8-19(24-12-15)16-3-1-2-4-18(16)22/h1-9,12H,11H2,(H,25,26). The van der Waals surface area contributed by atoms with Gasteiger partial charge in [-0.2, -0.15) is 5.26 Å². The fourth-order valence-corrected chi connectivity index (χ4v) is 2.64. The van der Waals surface area contributed by atoms with Gasteiger partial charge in [0, 0.05) is 23.3 Å². The number of hydrogen-bond donors (Lipinski definition) is 1. The Hall–Kier alpha value is -3.23. The second-order valence-corrected chi connectivity index (χ2v) is 5.92. The van der Waals surface area contributed by atoms with Gasteiger partial charge in [-0.05, 0) is 42.0 Å². The van der Waals surface area contributed by atoms with Gasteiger partial charge in [0.1, 0.15) is 5.82 Å². The number of halogens is 2. The minimum atomic E-state index is -0.368. The van der Waals surface area contributed by atoms with E-state index >= 15 is 0 Å². The first-order valence-corrected chi connectivity index (χ1v) is 8.14. The number of carbonyl (C=O) groups excluding carboxylic acids is 1. The molecule has 3 rings (SSSR count). The summed E-state index contributed by atoms with van der Waals surface area (Å²) in [5.41, 5.74) is 2.35. The van der Waals surface area contributed by atoms with E-state index < -0.39 is 0 Å². The fraction of sp³-hybridized carbons (Fsp3) is 0.0500. The molecule has 0 atom stereocenters. The van der Waals surface area contributed by atoms with Gasteiger partial charge in [-0.1, -0.05) is 29.8 Å². The summed E-state index contributed by atoms with van der Waals surface area (Å²) in [4.78, 5) is 16.4. The van der Waals surface area contributed by atoms with Gasteiger partial charge in [0.25, 0.3) is 5.91 Å². The first-order valence-electron chi connectivity index (χ1n) is 7.76. The fourth-order valence-electron chi connectivity index (χ4n) is 2.39. The molecule has 0 fully saturated rings. The summed E-state index contributed by atoms with van der Waals surface area (Å²) in [7, 11) is 0. The van der Waals surface area contributed by atoms with Gasteiger partial charge in [-0.15, -0.1) is 0 Å². The number of amides is 1. The zero-order valence-corrected chi connectivity index (χ0v) is 14.3. The lowest BCUT2D eigenvalue weighted by Gasteiger charge is -2.08. The lowest BCUT2D eigenvalue weighted by atomic mass is 10.1. The summed E-state index contributed by atoms with van der Waals surface area (Å²) in [6, 6.07) is 16.4. The quantitative estimate of drug-likeness (QED) is 0.747. The number of benzene rings is 2. The van der Waals surface area contributed by atoms with Crippen molar-refractivity contribution in [3.8, 4) is 17.3 Å². The average Bonchev–Trinajstić information content (AvgIpc) is 2.67. The highest BCUT2D eigenvalue weighted by Gasteiger charge is 2.10.